The molecule has 0 saturated carbocycles. The van der Waals surface area contributed by atoms with E-state index >= 15 is 0 Å². The van der Waals surface area contributed by atoms with E-state index in [1.165, 1.54) is 0 Å². The molecule has 0 N–H and O–H groups in total. The topological polar surface area (TPSA) is 25.8 Å². The van der Waals surface area contributed by atoms with E-state index in [2.05, 4.69) is 9.97 Å². The van der Waals surface area contributed by atoms with E-state index in [-0.39, 0.29) is 0 Å². The van der Waals surface area contributed by atoms with Crippen molar-refractivity contribution in [2.75, 3.05) is 0 Å². The minimum atomic E-state index is 0.393. The Morgan fingerprint density at radius 2 is 1.88 bits per heavy atom. The smallest absolute Gasteiger partial charge is 0.171 e. The van der Waals surface area contributed by atoms with Crippen LogP contribution in [-0.2, 0) is 0 Å². The van der Waals surface area contributed by atoms with E-state index in [1.54, 1.807) is 17.4 Å². The van der Waals surface area contributed by atoms with Gasteiger partial charge < -0.3 is 0 Å². The Labute approximate surface area is 112 Å². The first kappa shape index (κ1) is 11.0. The molecule has 0 fully saturated rings. The van der Waals surface area contributed by atoms with Crippen molar-refractivity contribution in [1.29, 1.82) is 0 Å². The van der Waals surface area contributed by atoms with Crippen LogP contribution in [0.3, 0.4) is 0 Å². The lowest BCUT2D eigenvalue weighted by Gasteiger charge is -2.04. The second kappa shape index (κ2) is 4.26. The van der Waals surface area contributed by atoms with Gasteiger partial charge in [-0.25, -0.2) is 9.97 Å². The molecule has 0 aliphatic heterocycles. The fourth-order valence-electron chi connectivity index (χ4n) is 1.61. The molecule has 0 unspecified atom stereocenters. The maximum atomic E-state index is 6.15. The Morgan fingerprint density at radius 3 is 2.65 bits per heavy atom. The molecule has 0 radical (unpaired) electrons. The predicted octanol–water partition coefficient (Wildman–Crippen LogP) is 4.67. The van der Waals surface area contributed by atoms with E-state index in [9.17, 15) is 0 Å². The van der Waals surface area contributed by atoms with Crippen molar-refractivity contribution >= 4 is 45.4 Å². The van der Waals surface area contributed by atoms with Crippen LogP contribution in [-0.4, -0.2) is 9.97 Å². The zero-order valence-corrected chi connectivity index (χ0v) is 10.9. The van der Waals surface area contributed by atoms with E-state index in [4.69, 9.17) is 23.2 Å². The van der Waals surface area contributed by atoms with Crippen LogP contribution < -0.4 is 0 Å². The number of fused-ring (bicyclic) bond motifs is 1. The first-order valence-corrected chi connectivity index (χ1v) is 6.55. The second-order valence-corrected chi connectivity index (χ2v) is 5.16. The second-order valence-electron chi connectivity index (χ2n) is 3.45. The Bertz CT molecular complexity index is 680. The van der Waals surface area contributed by atoms with Gasteiger partial charge in [-0.2, -0.15) is 0 Å². The van der Waals surface area contributed by atoms with E-state index < -0.39 is 0 Å². The van der Waals surface area contributed by atoms with Gasteiger partial charge >= 0.3 is 0 Å². The quantitative estimate of drug-likeness (QED) is 0.606. The molecule has 0 aliphatic rings. The molecule has 2 heterocycles. The van der Waals surface area contributed by atoms with Crippen LogP contribution in [0, 0.1) is 0 Å². The molecule has 17 heavy (non-hydrogen) atoms. The third-order valence-electron chi connectivity index (χ3n) is 2.37. The molecule has 0 amide bonds. The van der Waals surface area contributed by atoms with Crippen molar-refractivity contribution in [2.45, 2.75) is 0 Å². The first-order chi connectivity index (χ1) is 8.25. The average molecular weight is 281 g/mol. The number of nitrogens with zero attached hydrogens (tertiary/aromatic N) is 2. The Morgan fingerprint density at radius 1 is 1.00 bits per heavy atom. The molecular weight excluding hydrogens is 275 g/mol. The van der Waals surface area contributed by atoms with Crippen molar-refractivity contribution in [3.8, 4) is 10.7 Å². The van der Waals surface area contributed by atoms with Crippen LogP contribution in [0.2, 0.25) is 10.2 Å². The zero-order valence-electron chi connectivity index (χ0n) is 8.52. The Balaban J connectivity index is 2.32. The molecule has 0 bridgehead atoms. The summed E-state index contributed by atoms with van der Waals surface area (Å²) in [5.41, 5.74) is 0.765. The summed E-state index contributed by atoms with van der Waals surface area (Å²) in [5, 5.41) is 3.65. The summed E-state index contributed by atoms with van der Waals surface area (Å²) < 4.78 is 0. The maximum Gasteiger partial charge on any atom is 0.171 e. The number of benzene rings is 1. The normalized spacial score (nSPS) is 10.9. The van der Waals surface area contributed by atoms with E-state index in [0.717, 1.165) is 10.4 Å². The number of hydrogen-bond donors (Lipinski definition) is 0. The van der Waals surface area contributed by atoms with Gasteiger partial charge in [-0.3, -0.25) is 0 Å². The molecule has 0 spiro atoms. The van der Waals surface area contributed by atoms with Crippen molar-refractivity contribution in [2.24, 2.45) is 0 Å². The molecule has 2 aromatic heterocycles. The zero-order chi connectivity index (χ0) is 11.8. The standard InChI is InChI=1S/C12H6Cl2N2S/c13-7-3-1-4-8-10(7)11(14)16-12(15-8)9-5-2-6-17-9/h1-6H. The van der Waals surface area contributed by atoms with Gasteiger partial charge in [0.1, 0.15) is 5.15 Å². The molecule has 3 rings (SSSR count). The summed E-state index contributed by atoms with van der Waals surface area (Å²) in [6, 6.07) is 9.44. The van der Waals surface area contributed by atoms with Crippen LogP contribution in [0.4, 0.5) is 0 Å². The Hall–Kier alpha value is -1.16. The largest absolute Gasteiger partial charge is 0.227 e. The van der Waals surface area contributed by atoms with E-state index in [0.29, 0.717) is 21.4 Å². The molecule has 1 aromatic carbocycles. The molecule has 0 saturated heterocycles. The lowest BCUT2D eigenvalue weighted by atomic mass is 10.2. The van der Waals surface area contributed by atoms with Gasteiger partial charge in [0, 0.05) is 0 Å². The number of aromatic nitrogens is 2. The van der Waals surface area contributed by atoms with Crippen LogP contribution in [0.25, 0.3) is 21.6 Å². The van der Waals surface area contributed by atoms with Crippen LogP contribution in [0.15, 0.2) is 35.7 Å². The SMILES string of the molecule is Clc1cccc2nc(-c3cccs3)nc(Cl)c12. The number of thiophene rings is 1. The van der Waals surface area contributed by atoms with Crippen LogP contribution >= 0.6 is 34.5 Å². The van der Waals surface area contributed by atoms with Crippen molar-refractivity contribution in [1.82, 2.24) is 9.97 Å². The summed E-state index contributed by atoms with van der Waals surface area (Å²) in [5.74, 6) is 0.639. The highest BCUT2D eigenvalue weighted by atomic mass is 35.5. The minimum Gasteiger partial charge on any atom is -0.227 e. The third-order valence-corrected chi connectivity index (χ3v) is 3.82. The minimum absolute atomic E-state index is 0.393. The van der Waals surface area contributed by atoms with Gasteiger partial charge in [0.15, 0.2) is 5.82 Å². The summed E-state index contributed by atoms with van der Waals surface area (Å²) in [4.78, 5) is 9.75. The van der Waals surface area contributed by atoms with Crippen molar-refractivity contribution < 1.29 is 0 Å². The van der Waals surface area contributed by atoms with Gasteiger partial charge in [0.2, 0.25) is 0 Å². The van der Waals surface area contributed by atoms with Gasteiger partial charge in [0.05, 0.1) is 20.8 Å². The summed E-state index contributed by atoms with van der Waals surface area (Å²) in [6.07, 6.45) is 0. The molecular formula is C12H6Cl2N2S. The lowest BCUT2D eigenvalue weighted by Crippen LogP contribution is -1.90. The van der Waals surface area contributed by atoms with Gasteiger partial charge in [-0.15, -0.1) is 11.3 Å². The number of halogens is 2. The molecule has 0 atom stereocenters. The fourth-order valence-corrected chi connectivity index (χ4v) is 2.86. The van der Waals surface area contributed by atoms with Crippen molar-refractivity contribution in [3.63, 3.8) is 0 Å². The Kier molecular flexibility index (Phi) is 2.74. The molecule has 2 nitrogen and oxygen atoms in total. The summed E-state index contributed by atoms with van der Waals surface area (Å²) >= 11 is 13.8. The van der Waals surface area contributed by atoms with Crippen LogP contribution in [0.5, 0.6) is 0 Å². The lowest BCUT2D eigenvalue weighted by molar-refractivity contribution is 1.24. The first-order valence-electron chi connectivity index (χ1n) is 4.91. The molecule has 84 valence electrons. The van der Waals surface area contributed by atoms with Crippen LogP contribution in [0.1, 0.15) is 0 Å². The van der Waals surface area contributed by atoms with Gasteiger partial charge in [0.25, 0.3) is 0 Å². The fraction of sp³-hybridized carbons (Fsp3) is 0. The highest BCUT2D eigenvalue weighted by molar-refractivity contribution is 7.13. The summed E-state index contributed by atoms with van der Waals surface area (Å²) in [6.45, 7) is 0. The summed E-state index contributed by atoms with van der Waals surface area (Å²) in [7, 11) is 0. The highest BCUT2D eigenvalue weighted by Gasteiger charge is 2.10. The molecule has 0 aliphatic carbocycles. The third kappa shape index (κ3) is 1.90. The molecule has 5 heteroatoms. The number of hydrogen-bond acceptors (Lipinski definition) is 3. The average Bonchev–Trinajstić information content (AvgIpc) is 2.81. The highest BCUT2D eigenvalue weighted by Crippen LogP contribution is 2.31. The maximum absolute atomic E-state index is 6.15. The molecule has 3 aromatic rings. The van der Waals surface area contributed by atoms with Crippen molar-refractivity contribution in [3.05, 3.63) is 45.9 Å². The van der Waals surface area contributed by atoms with Gasteiger partial charge in [-0.1, -0.05) is 35.3 Å². The monoisotopic (exact) mass is 280 g/mol. The number of rotatable bonds is 1. The van der Waals surface area contributed by atoms with E-state index in [1.807, 2.05) is 29.6 Å². The predicted molar refractivity (Wildman–Crippen MR) is 72.9 cm³/mol. The van der Waals surface area contributed by atoms with Gasteiger partial charge in [-0.05, 0) is 23.6 Å².